The maximum atomic E-state index is 5.68. The number of ether oxygens (including phenoxy) is 2. The fraction of sp³-hybridized carbons (Fsp3) is 0.267. The zero-order valence-corrected chi connectivity index (χ0v) is 13.4. The highest BCUT2D eigenvalue weighted by atomic mass is 32.2. The molecule has 0 amide bonds. The molecule has 0 radical (unpaired) electrons. The molecule has 0 unspecified atom stereocenters. The van der Waals surface area contributed by atoms with Crippen molar-refractivity contribution in [2.24, 2.45) is 0 Å². The minimum absolute atomic E-state index is 0.516. The van der Waals surface area contributed by atoms with Gasteiger partial charge in [-0.3, -0.25) is 0 Å². The Balaban J connectivity index is 1.46. The molecule has 0 atom stereocenters. The van der Waals surface area contributed by atoms with E-state index >= 15 is 0 Å². The highest BCUT2D eigenvalue weighted by Gasteiger charge is 2.08. The Kier molecular flexibility index (Phi) is 5.15. The average Bonchev–Trinajstić information content (AvgIpc) is 3.25. The molecule has 7 nitrogen and oxygen atoms in total. The molecule has 1 aromatic carbocycles. The molecule has 120 valence electrons. The van der Waals surface area contributed by atoms with Crippen molar-refractivity contribution in [2.75, 3.05) is 19.5 Å². The fourth-order valence-electron chi connectivity index (χ4n) is 1.91. The van der Waals surface area contributed by atoms with Crippen LogP contribution >= 0.6 is 11.8 Å². The molecule has 3 rings (SSSR count). The number of hydrogen-bond donors (Lipinski definition) is 0. The summed E-state index contributed by atoms with van der Waals surface area (Å²) in [6, 6.07) is 11.2. The monoisotopic (exact) mass is 332 g/mol. The molecule has 0 spiro atoms. The van der Waals surface area contributed by atoms with Gasteiger partial charge in [-0.15, -0.1) is 5.10 Å². The zero-order valence-electron chi connectivity index (χ0n) is 12.6. The van der Waals surface area contributed by atoms with Crippen molar-refractivity contribution >= 4 is 11.8 Å². The van der Waals surface area contributed by atoms with Crippen molar-refractivity contribution in [1.82, 2.24) is 20.2 Å². The minimum Gasteiger partial charge on any atom is -0.497 e. The molecule has 0 saturated carbocycles. The highest BCUT2D eigenvalue weighted by Crippen LogP contribution is 2.19. The second-order valence-electron chi connectivity index (χ2n) is 4.57. The van der Waals surface area contributed by atoms with Gasteiger partial charge in [0, 0.05) is 5.75 Å². The van der Waals surface area contributed by atoms with Gasteiger partial charge in [0.1, 0.15) is 23.8 Å². The largest absolute Gasteiger partial charge is 0.497 e. The third-order valence-corrected chi connectivity index (χ3v) is 3.95. The summed E-state index contributed by atoms with van der Waals surface area (Å²) in [6.45, 7) is 1.08. The van der Waals surface area contributed by atoms with E-state index in [1.807, 2.05) is 36.4 Å². The first kappa shape index (κ1) is 15.4. The van der Waals surface area contributed by atoms with Crippen LogP contribution in [0.3, 0.4) is 0 Å². The van der Waals surface area contributed by atoms with Crippen molar-refractivity contribution in [2.45, 2.75) is 11.7 Å². The summed E-state index contributed by atoms with van der Waals surface area (Å²) < 4.78 is 17.8. The van der Waals surface area contributed by atoms with Gasteiger partial charge in [-0.1, -0.05) is 11.8 Å². The second-order valence-corrected chi connectivity index (χ2v) is 5.63. The topological polar surface area (TPSA) is 75.2 Å². The first-order valence-electron chi connectivity index (χ1n) is 7.03. The molecule has 2 heterocycles. The Labute approximate surface area is 137 Å². The van der Waals surface area contributed by atoms with E-state index in [2.05, 4.69) is 15.5 Å². The molecule has 23 heavy (non-hydrogen) atoms. The molecule has 0 N–H and O–H groups in total. The van der Waals surface area contributed by atoms with Gasteiger partial charge in [0.05, 0.1) is 20.0 Å². The maximum Gasteiger partial charge on any atom is 0.209 e. The number of nitrogens with zero attached hydrogens (tertiary/aromatic N) is 4. The molecule has 0 aliphatic rings. The number of aromatic nitrogens is 4. The van der Waals surface area contributed by atoms with Crippen molar-refractivity contribution in [3.63, 3.8) is 0 Å². The summed E-state index contributed by atoms with van der Waals surface area (Å²) in [7, 11) is 1.64. The number of rotatable bonds is 8. The number of tetrazole rings is 1. The quantitative estimate of drug-likeness (QED) is 0.463. The van der Waals surface area contributed by atoms with Crippen LogP contribution in [0.4, 0.5) is 0 Å². The summed E-state index contributed by atoms with van der Waals surface area (Å²) in [5.41, 5.74) is 0. The molecule has 2 aromatic heterocycles. The lowest BCUT2D eigenvalue weighted by Gasteiger charge is -2.06. The van der Waals surface area contributed by atoms with Crippen LogP contribution in [-0.4, -0.2) is 39.7 Å². The van der Waals surface area contributed by atoms with Crippen LogP contribution in [0, 0.1) is 0 Å². The third-order valence-electron chi connectivity index (χ3n) is 3.03. The molecular weight excluding hydrogens is 316 g/mol. The minimum atomic E-state index is 0.516. The van der Waals surface area contributed by atoms with Crippen LogP contribution in [0.25, 0.3) is 0 Å². The van der Waals surface area contributed by atoms with Crippen LogP contribution in [-0.2, 0) is 6.54 Å². The Morgan fingerprint density at radius 1 is 1.17 bits per heavy atom. The Bertz CT molecular complexity index is 713. The van der Waals surface area contributed by atoms with E-state index in [4.69, 9.17) is 13.9 Å². The predicted molar refractivity (Wildman–Crippen MR) is 84.8 cm³/mol. The fourth-order valence-corrected chi connectivity index (χ4v) is 2.61. The van der Waals surface area contributed by atoms with Crippen LogP contribution in [0.15, 0.2) is 52.2 Å². The predicted octanol–water partition coefficient (Wildman–Crippen LogP) is 2.49. The molecule has 3 aromatic rings. The van der Waals surface area contributed by atoms with E-state index < -0.39 is 0 Å². The van der Waals surface area contributed by atoms with Gasteiger partial charge < -0.3 is 13.9 Å². The van der Waals surface area contributed by atoms with Crippen LogP contribution in [0.1, 0.15) is 5.76 Å². The van der Waals surface area contributed by atoms with E-state index in [1.165, 1.54) is 11.8 Å². The summed E-state index contributed by atoms with van der Waals surface area (Å²) in [6.07, 6.45) is 1.63. The second kappa shape index (κ2) is 7.68. The molecule has 0 saturated heterocycles. The van der Waals surface area contributed by atoms with Gasteiger partial charge in [-0.2, -0.15) is 0 Å². The first-order chi connectivity index (χ1) is 11.3. The lowest BCUT2D eigenvalue weighted by molar-refractivity contribution is 0.342. The van der Waals surface area contributed by atoms with Gasteiger partial charge in [-0.05, 0) is 46.8 Å². The Morgan fingerprint density at radius 3 is 2.74 bits per heavy atom. The van der Waals surface area contributed by atoms with E-state index in [-0.39, 0.29) is 0 Å². The van der Waals surface area contributed by atoms with E-state index in [1.54, 1.807) is 18.1 Å². The normalized spacial score (nSPS) is 10.7. The number of methoxy groups -OCH3 is 1. The van der Waals surface area contributed by atoms with E-state index in [0.717, 1.165) is 28.2 Å². The van der Waals surface area contributed by atoms with Gasteiger partial charge in [-0.25, -0.2) is 4.68 Å². The highest BCUT2D eigenvalue weighted by molar-refractivity contribution is 7.99. The summed E-state index contributed by atoms with van der Waals surface area (Å²) >= 11 is 1.54. The van der Waals surface area contributed by atoms with Crippen molar-refractivity contribution in [3.8, 4) is 11.5 Å². The van der Waals surface area contributed by atoms with Crippen LogP contribution < -0.4 is 9.47 Å². The van der Waals surface area contributed by atoms with Crippen molar-refractivity contribution in [1.29, 1.82) is 0 Å². The van der Waals surface area contributed by atoms with Gasteiger partial charge in [0.2, 0.25) is 5.16 Å². The molecular formula is C15H16N4O3S. The number of benzene rings is 1. The molecule has 0 bridgehead atoms. The molecule has 0 fully saturated rings. The average molecular weight is 332 g/mol. The van der Waals surface area contributed by atoms with Crippen molar-refractivity contribution < 1.29 is 13.9 Å². The molecule has 8 heteroatoms. The summed E-state index contributed by atoms with van der Waals surface area (Å²) in [4.78, 5) is 0. The van der Waals surface area contributed by atoms with E-state index in [0.29, 0.717) is 13.2 Å². The van der Waals surface area contributed by atoms with Gasteiger partial charge in [0.25, 0.3) is 0 Å². The zero-order chi connectivity index (χ0) is 15.9. The smallest absolute Gasteiger partial charge is 0.209 e. The number of hydrogen-bond acceptors (Lipinski definition) is 7. The third kappa shape index (κ3) is 4.26. The SMILES string of the molecule is COc1ccc(OCCSc2nnnn2Cc2ccco2)cc1. The van der Waals surface area contributed by atoms with Crippen LogP contribution in [0.5, 0.6) is 11.5 Å². The summed E-state index contributed by atoms with van der Waals surface area (Å²) in [5.74, 6) is 3.17. The standard InChI is InChI=1S/C15H16N4O3S/c1-20-12-4-6-13(7-5-12)22-9-10-23-15-16-17-18-19(15)11-14-3-2-8-21-14/h2-8H,9-11H2,1H3. The lowest BCUT2D eigenvalue weighted by Crippen LogP contribution is -2.05. The van der Waals surface area contributed by atoms with Gasteiger partial charge >= 0.3 is 0 Å². The van der Waals surface area contributed by atoms with Gasteiger partial charge in [0.15, 0.2) is 0 Å². The van der Waals surface area contributed by atoms with Crippen LogP contribution in [0.2, 0.25) is 0 Å². The van der Waals surface area contributed by atoms with Crippen molar-refractivity contribution in [3.05, 3.63) is 48.4 Å². The first-order valence-corrected chi connectivity index (χ1v) is 8.02. The number of furan rings is 1. The number of thioether (sulfide) groups is 1. The summed E-state index contributed by atoms with van der Waals surface area (Å²) in [5, 5.41) is 12.4. The molecule has 0 aliphatic carbocycles. The maximum absolute atomic E-state index is 5.68. The lowest BCUT2D eigenvalue weighted by atomic mass is 10.3. The Hall–Kier alpha value is -2.48. The molecule has 0 aliphatic heterocycles. The Morgan fingerprint density at radius 2 is 2.00 bits per heavy atom. The van der Waals surface area contributed by atoms with E-state index in [9.17, 15) is 0 Å².